The molecule has 124 valence electrons. The Balaban J connectivity index is 1.93. The van der Waals surface area contributed by atoms with Gasteiger partial charge in [-0.15, -0.1) is 0 Å². The van der Waals surface area contributed by atoms with Crippen molar-refractivity contribution in [1.29, 1.82) is 0 Å². The highest BCUT2D eigenvalue weighted by Crippen LogP contribution is 2.56. The van der Waals surface area contributed by atoms with Gasteiger partial charge in [0.25, 0.3) is 5.91 Å². The summed E-state index contributed by atoms with van der Waals surface area (Å²) in [5, 5.41) is 10.5. The van der Waals surface area contributed by atoms with Crippen molar-refractivity contribution in [2.45, 2.75) is 43.7 Å². The standard InChI is InChI=1S/C18H23NO4/c1-22-14-9-11-6-8-19-17(21)16(20)12-5-3-4-7-18(12,19)13(11)10-15(14)23-2/h9-10,12,16,20H,3-8H2,1-2H3/t12-,16-,18-/m0/s1. The lowest BCUT2D eigenvalue weighted by molar-refractivity contribution is -0.137. The normalized spacial score (nSPS) is 32.1. The monoisotopic (exact) mass is 317 g/mol. The summed E-state index contributed by atoms with van der Waals surface area (Å²) in [6, 6.07) is 4.07. The van der Waals surface area contributed by atoms with Crippen LogP contribution in [0.15, 0.2) is 12.1 Å². The van der Waals surface area contributed by atoms with E-state index in [-0.39, 0.29) is 17.4 Å². The summed E-state index contributed by atoms with van der Waals surface area (Å²) >= 11 is 0. The molecule has 3 atom stereocenters. The Hall–Kier alpha value is -1.75. The molecule has 5 nitrogen and oxygen atoms in total. The second-order valence-electron chi connectivity index (χ2n) is 6.83. The first-order valence-electron chi connectivity index (χ1n) is 8.38. The van der Waals surface area contributed by atoms with Crippen LogP contribution in [0.25, 0.3) is 0 Å². The van der Waals surface area contributed by atoms with Gasteiger partial charge in [0.15, 0.2) is 11.5 Å². The average molecular weight is 317 g/mol. The topological polar surface area (TPSA) is 59.0 Å². The van der Waals surface area contributed by atoms with Gasteiger partial charge in [0.1, 0.15) is 6.10 Å². The molecular formula is C18H23NO4. The minimum Gasteiger partial charge on any atom is -0.493 e. The Kier molecular flexibility index (Phi) is 3.30. The quantitative estimate of drug-likeness (QED) is 0.904. The van der Waals surface area contributed by atoms with Crippen molar-refractivity contribution in [3.63, 3.8) is 0 Å². The largest absolute Gasteiger partial charge is 0.493 e. The highest BCUT2D eigenvalue weighted by Gasteiger charge is 2.61. The van der Waals surface area contributed by atoms with Crippen LogP contribution >= 0.6 is 0 Å². The zero-order valence-corrected chi connectivity index (χ0v) is 13.7. The molecule has 1 spiro atoms. The molecule has 1 aromatic carbocycles. The fourth-order valence-electron chi connectivity index (χ4n) is 5.02. The van der Waals surface area contributed by atoms with E-state index in [0.29, 0.717) is 12.3 Å². The van der Waals surface area contributed by atoms with Crippen molar-refractivity contribution in [1.82, 2.24) is 4.90 Å². The number of rotatable bonds is 2. The van der Waals surface area contributed by atoms with Gasteiger partial charge in [-0.2, -0.15) is 0 Å². The molecule has 0 bridgehead atoms. The first kappa shape index (κ1) is 14.8. The Morgan fingerprint density at radius 1 is 1.22 bits per heavy atom. The molecule has 2 fully saturated rings. The van der Waals surface area contributed by atoms with Gasteiger partial charge in [0, 0.05) is 12.5 Å². The van der Waals surface area contributed by atoms with Crippen LogP contribution < -0.4 is 9.47 Å². The summed E-state index contributed by atoms with van der Waals surface area (Å²) in [5.41, 5.74) is 2.01. The van der Waals surface area contributed by atoms with Crippen LogP contribution in [0.1, 0.15) is 36.8 Å². The number of aliphatic hydroxyl groups excluding tert-OH is 1. The summed E-state index contributed by atoms with van der Waals surface area (Å²) in [6.07, 6.45) is 3.91. The molecule has 1 aromatic rings. The van der Waals surface area contributed by atoms with Crippen LogP contribution in [0.2, 0.25) is 0 Å². The van der Waals surface area contributed by atoms with E-state index in [1.165, 1.54) is 5.56 Å². The molecule has 1 N–H and O–H groups in total. The zero-order valence-electron chi connectivity index (χ0n) is 13.7. The van der Waals surface area contributed by atoms with Crippen LogP contribution in [0, 0.1) is 5.92 Å². The molecule has 1 saturated carbocycles. The lowest BCUT2D eigenvalue weighted by Gasteiger charge is -2.49. The van der Waals surface area contributed by atoms with E-state index in [0.717, 1.165) is 43.4 Å². The van der Waals surface area contributed by atoms with Crippen LogP contribution in [0.5, 0.6) is 11.5 Å². The summed E-state index contributed by atoms with van der Waals surface area (Å²) in [5.74, 6) is 1.31. The smallest absolute Gasteiger partial charge is 0.252 e. The maximum absolute atomic E-state index is 12.6. The molecule has 3 aliphatic rings. The van der Waals surface area contributed by atoms with Crippen LogP contribution in [0.4, 0.5) is 0 Å². The number of benzene rings is 1. The van der Waals surface area contributed by atoms with Crippen molar-refractivity contribution >= 4 is 5.91 Å². The predicted octanol–water partition coefficient (Wildman–Crippen LogP) is 1.85. The number of carbonyl (C=O) groups excluding carboxylic acids is 1. The zero-order chi connectivity index (χ0) is 16.2. The minimum atomic E-state index is -0.866. The van der Waals surface area contributed by atoms with E-state index in [2.05, 4.69) is 0 Å². The third kappa shape index (κ3) is 1.80. The SMILES string of the molecule is COc1cc2c(cc1OC)[C@]13CCCC[C@H]1[C@H](O)C(=O)N3CC2. The van der Waals surface area contributed by atoms with Gasteiger partial charge in [0.05, 0.1) is 19.8 Å². The second kappa shape index (κ2) is 5.13. The maximum atomic E-state index is 12.6. The maximum Gasteiger partial charge on any atom is 0.252 e. The lowest BCUT2D eigenvalue weighted by atomic mass is 9.66. The van der Waals surface area contributed by atoms with E-state index in [9.17, 15) is 9.90 Å². The Morgan fingerprint density at radius 3 is 2.70 bits per heavy atom. The molecule has 0 radical (unpaired) electrons. The molecule has 4 rings (SSSR count). The van der Waals surface area contributed by atoms with E-state index >= 15 is 0 Å². The van der Waals surface area contributed by atoms with Crippen LogP contribution in [-0.4, -0.2) is 42.8 Å². The summed E-state index contributed by atoms with van der Waals surface area (Å²) < 4.78 is 10.9. The van der Waals surface area contributed by atoms with Crippen molar-refractivity contribution in [2.24, 2.45) is 5.92 Å². The highest BCUT2D eigenvalue weighted by molar-refractivity contribution is 5.86. The fourth-order valence-corrected chi connectivity index (χ4v) is 5.02. The Labute approximate surface area is 136 Å². The lowest BCUT2D eigenvalue weighted by Crippen LogP contribution is -2.52. The van der Waals surface area contributed by atoms with Gasteiger partial charge in [-0.3, -0.25) is 4.79 Å². The number of nitrogens with zero attached hydrogens (tertiary/aromatic N) is 1. The van der Waals surface area contributed by atoms with Gasteiger partial charge < -0.3 is 19.5 Å². The second-order valence-corrected chi connectivity index (χ2v) is 6.83. The third-order valence-corrected chi connectivity index (χ3v) is 6.00. The van der Waals surface area contributed by atoms with Crippen LogP contribution in [0.3, 0.4) is 0 Å². The molecule has 2 heterocycles. The first-order valence-corrected chi connectivity index (χ1v) is 8.38. The van der Waals surface area contributed by atoms with Gasteiger partial charge in [-0.25, -0.2) is 0 Å². The highest BCUT2D eigenvalue weighted by atomic mass is 16.5. The number of fused-ring (bicyclic) bond motifs is 1. The Morgan fingerprint density at radius 2 is 1.96 bits per heavy atom. The molecule has 1 aliphatic carbocycles. The number of hydrogen-bond acceptors (Lipinski definition) is 4. The van der Waals surface area contributed by atoms with Crippen molar-refractivity contribution < 1.29 is 19.4 Å². The van der Waals surface area contributed by atoms with E-state index < -0.39 is 6.10 Å². The molecule has 1 amide bonds. The number of hydrogen-bond donors (Lipinski definition) is 1. The minimum absolute atomic E-state index is 0.0131. The molecule has 1 saturated heterocycles. The molecule has 0 aromatic heterocycles. The molecule has 0 unspecified atom stereocenters. The fraction of sp³-hybridized carbons (Fsp3) is 0.611. The summed E-state index contributed by atoms with van der Waals surface area (Å²) in [7, 11) is 3.28. The van der Waals surface area contributed by atoms with Gasteiger partial charge >= 0.3 is 0 Å². The van der Waals surface area contributed by atoms with E-state index in [1.807, 2.05) is 17.0 Å². The number of methoxy groups -OCH3 is 2. The van der Waals surface area contributed by atoms with Crippen molar-refractivity contribution in [2.75, 3.05) is 20.8 Å². The predicted molar refractivity (Wildman–Crippen MR) is 84.6 cm³/mol. The van der Waals surface area contributed by atoms with E-state index in [1.54, 1.807) is 14.2 Å². The van der Waals surface area contributed by atoms with Gasteiger partial charge in [0.2, 0.25) is 0 Å². The number of carbonyl (C=O) groups is 1. The number of amides is 1. The molecule has 2 aliphatic heterocycles. The van der Waals surface area contributed by atoms with Crippen molar-refractivity contribution in [3.05, 3.63) is 23.3 Å². The summed E-state index contributed by atoms with van der Waals surface area (Å²) in [6.45, 7) is 0.675. The number of ether oxygens (including phenoxy) is 2. The first-order chi connectivity index (χ1) is 11.1. The summed E-state index contributed by atoms with van der Waals surface area (Å²) in [4.78, 5) is 14.5. The van der Waals surface area contributed by atoms with Gasteiger partial charge in [-0.1, -0.05) is 12.8 Å². The molecular weight excluding hydrogens is 294 g/mol. The molecule has 5 heteroatoms. The number of aliphatic hydroxyl groups is 1. The Bertz CT molecular complexity index is 659. The van der Waals surface area contributed by atoms with Crippen LogP contribution in [-0.2, 0) is 16.8 Å². The van der Waals surface area contributed by atoms with E-state index in [4.69, 9.17) is 9.47 Å². The van der Waals surface area contributed by atoms with Gasteiger partial charge in [-0.05, 0) is 42.5 Å². The third-order valence-electron chi connectivity index (χ3n) is 6.00. The molecule has 23 heavy (non-hydrogen) atoms. The average Bonchev–Trinajstić information content (AvgIpc) is 2.82. The van der Waals surface area contributed by atoms with Crippen molar-refractivity contribution in [3.8, 4) is 11.5 Å².